The number of rotatable bonds is 3. The van der Waals surface area contributed by atoms with Crippen molar-refractivity contribution in [1.82, 2.24) is 14.9 Å². The van der Waals surface area contributed by atoms with Crippen molar-refractivity contribution in [3.63, 3.8) is 0 Å². The smallest absolute Gasteiger partial charge is 0.225 e. The number of piperazine rings is 1. The summed E-state index contributed by atoms with van der Waals surface area (Å²) in [6.07, 6.45) is 4.83. The van der Waals surface area contributed by atoms with Gasteiger partial charge in [0.05, 0.1) is 4.47 Å². The Balaban J connectivity index is 1.93. The maximum atomic E-state index is 4.34. The van der Waals surface area contributed by atoms with Gasteiger partial charge in [0.1, 0.15) is 0 Å². The highest BCUT2D eigenvalue weighted by molar-refractivity contribution is 9.10. The van der Waals surface area contributed by atoms with Crippen LogP contribution in [0.4, 0.5) is 5.95 Å². The highest BCUT2D eigenvalue weighted by Crippen LogP contribution is 2.15. The van der Waals surface area contributed by atoms with Gasteiger partial charge in [-0.3, -0.25) is 4.90 Å². The van der Waals surface area contributed by atoms with Gasteiger partial charge in [0, 0.05) is 44.6 Å². The maximum Gasteiger partial charge on any atom is 0.225 e. The van der Waals surface area contributed by atoms with Crippen molar-refractivity contribution in [3.8, 4) is 0 Å². The minimum atomic E-state index is 0.683. The molecule has 1 atom stereocenters. The fourth-order valence-corrected chi connectivity index (χ4v) is 2.29. The van der Waals surface area contributed by atoms with Crippen LogP contribution in [0.25, 0.3) is 0 Å². The van der Waals surface area contributed by atoms with Gasteiger partial charge in [0.2, 0.25) is 5.95 Å². The summed E-state index contributed by atoms with van der Waals surface area (Å²) in [6.45, 7) is 8.79. The Morgan fingerprint density at radius 2 is 1.82 bits per heavy atom. The lowest BCUT2D eigenvalue weighted by molar-refractivity contribution is 0.192. The standard InChI is InChI=1S/C12H19BrN4/c1-3-10(2)16-4-6-17(7-5-16)12-14-8-11(13)9-15-12/h8-10H,3-7H2,1-2H3. The molecule has 0 saturated carbocycles. The molecule has 0 radical (unpaired) electrons. The summed E-state index contributed by atoms with van der Waals surface area (Å²) in [6, 6.07) is 0.683. The highest BCUT2D eigenvalue weighted by atomic mass is 79.9. The summed E-state index contributed by atoms with van der Waals surface area (Å²) in [4.78, 5) is 13.5. The van der Waals surface area contributed by atoms with Gasteiger partial charge in [-0.05, 0) is 29.3 Å². The average molecular weight is 299 g/mol. The number of hydrogen-bond donors (Lipinski definition) is 0. The zero-order valence-electron chi connectivity index (χ0n) is 10.4. The Labute approximate surface area is 111 Å². The monoisotopic (exact) mass is 298 g/mol. The van der Waals surface area contributed by atoms with E-state index < -0.39 is 0 Å². The van der Waals surface area contributed by atoms with Crippen LogP contribution in [0.5, 0.6) is 0 Å². The Morgan fingerprint density at radius 3 is 2.35 bits per heavy atom. The van der Waals surface area contributed by atoms with Crippen LogP contribution in [-0.4, -0.2) is 47.1 Å². The molecule has 1 aromatic rings. The Morgan fingerprint density at radius 1 is 1.24 bits per heavy atom. The molecule has 0 aliphatic carbocycles. The van der Waals surface area contributed by atoms with Crippen LogP contribution in [0, 0.1) is 0 Å². The van der Waals surface area contributed by atoms with Gasteiger partial charge >= 0.3 is 0 Å². The number of hydrogen-bond acceptors (Lipinski definition) is 4. The summed E-state index contributed by atoms with van der Waals surface area (Å²) >= 11 is 3.36. The fraction of sp³-hybridized carbons (Fsp3) is 0.667. The van der Waals surface area contributed by atoms with Crippen LogP contribution < -0.4 is 4.90 Å². The molecule has 17 heavy (non-hydrogen) atoms. The molecule has 1 aliphatic heterocycles. The maximum absolute atomic E-state index is 4.34. The third-order valence-corrected chi connectivity index (χ3v) is 3.83. The average Bonchev–Trinajstić information content (AvgIpc) is 2.39. The van der Waals surface area contributed by atoms with Crippen molar-refractivity contribution in [3.05, 3.63) is 16.9 Å². The van der Waals surface area contributed by atoms with Crippen LogP contribution >= 0.6 is 15.9 Å². The molecule has 4 nitrogen and oxygen atoms in total. The minimum absolute atomic E-state index is 0.683. The van der Waals surface area contributed by atoms with E-state index in [9.17, 15) is 0 Å². The molecule has 0 spiro atoms. The van der Waals surface area contributed by atoms with Crippen molar-refractivity contribution in [1.29, 1.82) is 0 Å². The molecule has 0 aromatic carbocycles. The molecule has 94 valence electrons. The zero-order chi connectivity index (χ0) is 12.3. The van der Waals surface area contributed by atoms with Gasteiger partial charge < -0.3 is 4.90 Å². The molecule has 1 saturated heterocycles. The lowest BCUT2D eigenvalue weighted by Gasteiger charge is -2.37. The molecule has 1 aromatic heterocycles. The van der Waals surface area contributed by atoms with E-state index in [0.717, 1.165) is 36.6 Å². The predicted octanol–water partition coefficient (Wildman–Crippen LogP) is 2.16. The van der Waals surface area contributed by atoms with Gasteiger partial charge in [0.15, 0.2) is 0 Å². The summed E-state index contributed by atoms with van der Waals surface area (Å²) < 4.78 is 0.930. The first-order valence-electron chi connectivity index (χ1n) is 6.17. The lowest BCUT2D eigenvalue weighted by Crippen LogP contribution is -2.49. The normalized spacial score (nSPS) is 19.4. The van der Waals surface area contributed by atoms with Gasteiger partial charge in [-0.2, -0.15) is 0 Å². The van der Waals surface area contributed by atoms with Gasteiger partial charge in [-0.25, -0.2) is 9.97 Å². The first-order valence-corrected chi connectivity index (χ1v) is 6.96. The molecule has 2 rings (SSSR count). The summed E-state index contributed by atoms with van der Waals surface area (Å²) in [7, 11) is 0. The van der Waals surface area contributed by atoms with Crippen molar-refractivity contribution in [2.75, 3.05) is 31.1 Å². The number of halogens is 1. The van der Waals surface area contributed by atoms with E-state index in [1.54, 1.807) is 0 Å². The van der Waals surface area contributed by atoms with Crippen LogP contribution in [0.15, 0.2) is 16.9 Å². The molecule has 0 amide bonds. The van der Waals surface area contributed by atoms with Crippen molar-refractivity contribution in [2.24, 2.45) is 0 Å². The van der Waals surface area contributed by atoms with Crippen LogP contribution in [0.2, 0.25) is 0 Å². The largest absolute Gasteiger partial charge is 0.338 e. The second-order valence-electron chi connectivity index (χ2n) is 4.48. The van der Waals surface area contributed by atoms with E-state index in [1.165, 1.54) is 6.42 Å². The van der Waals surface area contributed by atoms with E-state index in [1.807, 2.05) is 12.4 Å². The Hall–Kier alpha value is -0.680. The summed E-state index contributed by atoms with van der Waals surface area (Å²) in [5.41, 5.74) is 0. The molecule has 1 aliphatic rings. The van der Waals surface area contributed by atoms with Crippen molar-refractivity contribution >= 4 is 21.9 Å². The van der Waals surface area contributed by atoms with Gasteiger partial charge in [-0.1, -0.05) is 6.92 Å². The molecule has 0 bridgehead atoms. The van der Waals surface area contributed by atoms with E-state index in [0.29, 0.717) is 6.04 Å². The topological polar surface area (TPSA) is 32.3 Å². The van der Waals surface area contributed by atoms with Gasteiger partial charge in [-0.15, -0.1) is 0 Å². The second kappa shape index (κ2) is 5.78. The summed E-state index contributed by atoms with van der Waals surface area (Å²) in [5, 5.41) is 0. The van der Waals surface area contributed by atoms with Crippen molar-refractivity contribution < 1.29 is 0 Å². The van der Waals surface area contributed by atoms with E-state index >= 15 is 0 Å². The van der Waals surface area contributed by atoms with Crippen molar-refractivity contribution in [2.45, 2.75) is 26.3 Å². The second-order valence-corrected chi connectivity index (χ2v) is 5.40. The third kappa shape index (κ3) is 3.16. The molecule has 1 unspecified atom stereocenters. The number of anilines is 1. The van der Waals surface area contributed by atoms with Crippen LogP contribution in [0.3, 0.4) is 0 Å². The number of nitrogens with zero attached hydrogens (tertiary/aromatic N) is 4. The zero-order valence-corrected chi connectivity index (χ0v) is 12.0. The molecular formula is C12H19BrN4. The van der Waals surface area contributed by atoms with E-state index in [2.05, 4.69) is 49.5 Å². The highest BCUT2D eigenvalue weighted by Gasteiger charge is 2.21. The van der Waals surface area contributed by atoms with Crippen LogP contribution in [-0.2, 0) is 0 Å². The third-order valence-electron chi connectivity index (χ3n) is 3.42. The Bertz CT molecular complexity index is 346. The molecule has 5 heteroatoms. The molecular weight excluding hydrogens is 280 g/mol. The lowest BCUT2D eigenvalue weighted by atomic mass is 10.2. The summed E-state index contributed by atoms with van der Waals surface area (Å²) in [5.74, 6) is 0.844. The first-order chi connectivity index (χ1) is 8.20. The van der Waals surface area contributed by atoms with Gasteiger partial charge in [0.25, 0.3) is 0 Å². The Kier molecular flexibility index (Phi) is 4.34. The van der Waals surface area contributed by atoms with E-state index in [-0.39, 0.29) is 0 Å². The number of aromatic nitrogens is 2. The predicted molar refractivity (Wildman–Crippen MR) is 73.3 cm³/mol. The minimum Gasteiger partial charge on any atom is -0.338 e. The fourth-order valence-electron chi connectivity index (χ4n) is 2.09. The molecule has 2 heterocycles. The molecule has 1 fully saturated rings. The molecule has 0 N–H and O–H groups in total. The first kappa shape index (κ1) is 12.8. The van der Waals surface area contributed by atoms with E-state index in [4.69, 9.17) is 0 Å². The van der Waals surface area contributed by atoms with Crippen LogP contribution in [0.1, 0.15) is 20.3 Å². The SMILES string of the molecule is CCC(C)N1CCN(c2ncc(Br)cn2)CC1. The quantitative estimate of drug-likeness (QED) is 0.856.